The van der Waals surface area contributed by atoms with Crippen LogP contribution in [-0.2, 0) is 7.05 Å². The molecule has 2 aromatic heterocycles. The molecule has 0 bridgehead atoms. The van der Waals surface area contributed by atoms with Gasteiger partial charge in [-0.2, -0.15) is 0 Å². The van der Waals surface area contributed by atoms with Gasteiger partial charge in [-0.3, -0.25) is 9.78 Å². The molecule has 1 aromatic carbocycles. The number of rotatable bonds is 2. The molecule has 0 radical (unpaired) electrons. The number of carbonyl (C=O) groups is 1. The van der Waals surface area contributed by atoms with E-state index in [1.807, 2.05) is 29.8 Å². The minimum absolute atomic E-state index is 0.637. The van der Waals surface area contributed by atoms with Crippen LogP contribution in [0.25, 0.3) is 22.4 Å². The van der Waals surface area contributed by atoms with E-state index in [-0.39, 0.29) is 0 Å². The van der Waals surface area contributed by atoms with Gasteiger partial charge in [0.2, 0.25) is 0 Å². The maximum Gasteiger partial charge on any atom is 0.150 e. The van der Waals surface area contributed by atoms with Crippen molar-refractivity contribution in [1.82, 2.24) is 14.5 Å². The van der Waals surface area contributed by atoms with Gasteiger partial charge in [-0.25, -0.2) is 4.98 Å². The van der Waals surface area contributed by atoms with Crippen LogP contribution in [0.2, 0.25) is 0 Å². The maximum atomic E-state index is 10.8. The molecule has 4 nitrogen and oxygen atoms in total. The summed E-state index contributed by atoms with van der Waals surface area (Å²) in [5.74, 6) is 0.848. The predicted octanol–water partition coefficient (Wildman–Crippen LogP) is 2.45. The quantitative estimate of drug-likeness (QED) is 0.643. The molecule has 0 fully saturated rings. The fourth-order valence-electron chi connectivity index (χ4n) is 2.04. The third-order valence-corrected chi connectivity index (χ3v) is 2.96. The number of hydrogen-bond acceptors (Lipinski definition) is 3. The van der Waals surface area contributed by atoms with Crippen LogP contribution in [0.15, 0.2) is 42.7 Å². The van der Waals surface area contributed by atoms with Crippen LogP contribution in [-0.4, -0.2) is 20.8 Å². The SMILES string of the molecule is Cn1c(-c2cccnc2)nc2cc(C=O)ccc21. The molecule has 3 aromatic rings. The summed E-state index contributed by atoms with van der Waals surface area (Å²) in [5.41, 5.74) is 3.42. The zero-order valence-electron chi connectivity index (χ0n) is 9.87. The standard InChI is InChI=1S/C14H11N3O/c1-17-13-5-4-10(9-18)7-12(13)16-14(17)11-3-2-6-15-8-11/h2-9H,1H3. The smallest absolute Gasteiger partial charge is 0.150 e. The van der Waals surface area contributed by atoms with E-state index in [1.54, 1.807) is 24.5 Å². The Morgan fingerprint density at radius 3 is 2.89 bits per heavy atom. The third kappa shape index (κ3) is 1.59. The van der Waals surface area contributed by atoms with E-state index in [4.69, 9.17) is 0 Å². The largest absolute Gasteiger partial charge is 0.327 e. The molecule has 0 amide bonds. The highest BCUT2D eigenvalue weighted by atomic mass is 16.1. The van der Waals surface area contributed by atoms with Crippen molar-refractivity contribution in [3.63, 3.8) is 0 Å². The van der Waals surface area contributed by atoms with Gasteiger partial charge in [0, 0.05) is 30.6 Å². The molecule has 3 rings (SSSR count). The van der Waals surface area contributed by atoms with Crippen LogP contribution >= 0.6 is 0 Å². The molecule has 0 spiro atoms. The summed E-state index contributed by atoms with van der Waals surface area (Å²) in [6, 6.07) is 9.35. The second kappa shape index (κ2) is 4.07. The predicted molar refractivity (Wildman–Crippen MR) is 69.3 cm³/mol. The summed E-state index contributed by atoms with van der Waals surface area (Å²) in [6.07, 6.45) is 4.34. The van der Waals surface area contributed by atoms with E-state index in [9.17, 15) is 4.79 Å². The number of hydrogen-bond donors (Lipinski definition) is 0. The Bertz CT molecular complexity index is 716. The molecule has 0 saturated carbocycles. The summed E-state index contributed by atoms with van der Waals surface area (Å²) in [4.78, 5) is 19.4. The minimum atomic E-state index is 0.637. The molecule has 0 unspecified atom stereocenters. The van der Waals surface area contributed by atoms with Crippen molar-refractivity contribution >= 4 is 17.3 Å². The maximum absolute atomic E-state index is 10.8. The molecule has 0 atom stereocenters. The van der Waals surface area contributed by atoms with Gasteiger partial charge in [0.25, 0.3) is 0 Å². The Balaban J connectivity index is 2.26. The first-order chi connectivity index (χ1) is 8.79. The van der Waals surface area contributed by atoms with Crippen LogP contribution in [0, 0.1) is 0 Å². The van der Waals surface area contributed by atoms with Crippen molar-refractivity contribution in [2.24, 2.45) is 7.05 Å². The van der Waals surface area contributed by atoms with Gasteiger partial charge < -0.3 is 4.57 Å². The molecule has 2 heterocycles. The third-order valence-electron chi connectivity index (χ3n) is 2.96. The molecule has 4 heteroatoms. The molecule has 0 saturated heterocycles. The van der Waals surface area contributed by atoms with E-state index in [0.717, 1.165) is 28.7 Å². The van der Waals surface area contributed by atoms with Crippen LogP contribution in [0.1, 0.15) is 10.4 Å². The molecular weight excluding hydrogens is 226 g/mol. The van der Waals surface area contributed by atoms with Gasteiger partial charge in [-0.1, -0.05) is 0 Å². The highest BCUT2D eigenvalue weighted by molar-refractivity contribution is 5.87. The molecule has 0 aliphatic heterocycles. The van der Waals surface area contributed by atoms with Crippen LogP contribution in [0.3, 0.4) is 0 Å². The summed E-state index contributed by atoms with van der Waals surface area (Å²) < 4.78 is 2.00. The highest BCUT2D eigenvalue weighted by Gasteiger charge is 2.09. The summed E-state index contributed by atoms with van der Waals surface area (Å²) in [6.45, 7) is 0. The summed E-state index contributed by atoms with van der Waals surface area (Å²) in [5, 5.41) is 0. The second-order valence-corrected chi connectivity index (χ2v) is 4.10. The number of fused-ring (bicyclic) bond motifs is 1. The van der Waals surface area contributed by atoms with Gasteiger partial charge in [0.1, 0.15) is 12.1 Å². The van der Waals surface area contributed by atoms with Gasteiger partial charge in [0.05, 0.1) is 11.0 Å². The Hall–Kier alpha value is -2.49. The van der Waals surface area contributed by atoms with Crippen molar-refractivity contribution in [2.45, 2.75) is 0 Å². The lowest BCUT2D eigenvalue weighted by molar-refractivity contribution is 0.112. The first-order valence-electron chi connectivity index (χ1n) is 5.61. The lowest BCUT2D eigenvalue weighted by Gasteiger charge is -2.01. The number of nitrogens with zero attached hydrogens (tertiary/aromatic N) is 3. The number of imidazole rings is 1. The van der Waals surface area contributed by atoms with Crippen LogP contribution < -0.4 is 0 Å². The van der Waals surface area contributed by atoms with Crippen molar-refractivity contribution in [2.75, 3.05) is 0 Å². The molecule has 0 N–H and O–H groups in total. The van der Waals surface area contributed by atoms with Crippen molar-refractivity contribution in [3.05, 3.63) is 48.3 Å². The number of aldehydes is 1. The van der Waals surface area contributed by atoms with Gasteiger partial charge in [-0.15, -0.1) is 0 Å². The van der Waals surface area contributed by atoms with E-state index in [0.29, 0.717) is 5.56 Å². The Kier molecular flexibility index (Phi) is 2.41. The number of carbonyl (C=O) groups excluding carboxylic acids is 1. The normalized spacial score (nSPS) is 10.7. The van der Waals surface area contributed by atoms with E-state index in [2.05, 4.69) is 9.97 Å². The Morgan fingerprint density at radius 2 is 2.17 bits per heavy atom. The van der Waals surface area contributed by atoms with Gasteiger partial charge in [-0.05, 0) is 30.3 Å². The Morgan fingerprint density at radius 1 is 1.28 bits per heavy atom. The van der Waals surface area contributed by atoms with Gasteiger partial charge in [0.15, 0.2) is 0 Å². The van der Waals surface area contributed by atoms with Crippen molar-refractivity contribution in [1.29, 1.82) is 0 Å². The fraction of sp³-hybridized carbons (Fsp3) is 0.0714. The van der Waals surface area contributed by atoms with Crippen molar-refractivity contribution in [3.8, 4) is 11.4 Å². The summed E-state index contributed by atoms with van der Waals surface area (Å²) >= 11 is 0. The lowest BCUT2D eigenvalue weighted by atomic mass is 10.2. The second-order valence-electron chi connectivity index (χ2n) is 4.10. The van der Waals surface area contributed by atoms with Crippen LogP contribution in [0.4, 0.5) is 0 Å². The molecular formula is C14H11N3O. The van der Waals surface area contributed by atoms with Crippen molar-refractivity contribution < 1.29 is 4.79 Å². The molecule has 18 heavy (non-hydrogen) atoms. The number of benzene rings is 1. The first-order valence-corrected chi connectivity index (χ1v) is 5.61. The number of aromatic nitrogens is 3. The topological polar surface area (TPSA) is 47.8 Å². The average molecular weight is 237 g/mol. The van der Waals surface area contributed by atoms with Crippen LogP contribution in [0.5, 0.6) is 0 Å². The van der Waals surface area contributed by atoms with E-state index in [1.165, 1.54) is 0 Å². The zero-order chi connectivity index (χ0) is 12.5. The lowest BCUT2D eigenvalue weighted by Crippen LogP contribution is -1.92. The molecule has 0 aliphatic carbocycles. The van der Waals surface area contributed by atoms with E-state index < -0.39 is 0 Å². The monoisotopic (exact) mass is 237 g/mol. The minimum Gasteiger partial charge on any atom is -0.327 e. The molecule has 0 aliphatic rings. The fourth-order valence-corrected chi connectivity index (χ4v) is 2.04. The first kappa shape index (κ1) is 10.7. The molecule has 88 valence electrons. The number of pyridine rings is 1. The number of aryl methyl sites for hydroxylation is 1. The van der Waals surface area contributed by atoms with Gasteiger partial charge >= 0.3 is 0 Å². The average Bonchev–Trinajstić information content (AvgIpc) is 2.76. The van der Waals surface area contributed by atoms with E-state index >= 15 is 0 Å². The zero-order valence-corrected chi connectivity index (χ0v) is 9.87. The summed E-state index contributed by atoms with van der Waals surface area (Å²) in [7, 11) is 1.96. The highest BCUT2D eigenvalue weighted by Crippen LogP contribution is 2.23. The Labute approximate surface area is 104 Å².